The highest BCUT2D eigenvalue weighted by Crippen LogP contribution is 2.18. The average molecular weight is 338 g/mol. The van der Waals surface area contributed by atoms with Gasteiger partial charge in [-0.05, 0) is 32.9 Å². The summed E-state index contributed by atoms with van der Waals surface area (Å²) in [5.41, 5.74) is 0.638. The third kappa shape index (κ3) is 5.67. The first-order valence-electron chi connectivity index (χ1n) is 8.35. The molecule has 1 fully saturated rings. The standard InChI is InChI=1S/C18H24F2N2O2/c1-13(11-16(23)14-5-3-2-4-6-14)21-18(24)15-7-9-22(10-8-15)12-17(19)20/h2-6,13,15,17H,7-12H2,1H3,(H,21,24). The number of likely N-dealkylation sites (tertiary alicyclic amines) is 1. The van der Waals surface area contributed by atoms with Crippen LogP contribution in [0.25, 0.3) is 0 Å². The molecule has 0 spiro atoms. The molecule has 0 saturated carbocycles. The van der Waals surface area contributed by atoms with Gasteiger partial charge in [0.2, 0.25) is 5.91 Å². The van der Waals surface area contributed by atoms with Crippen molar-refractivity contribution in [1.29, 1.82) is 0 Å². The summed E-state index contributed by atoms with van der Waals surface area (Å²) in [5.74, 6) is -0.247. The van der Waals surface area contributed by atoms with Crippen LogP contribution in [-0.2, 0) is 4.79 Å². The van der Waals surface area contributed by atoms with E-state index in [1.807, 2.05) is 25.1 Å². The van der Waals surface area contributed by atoms with E-state index in [-0.39, 0.29) is 36.6 Å². The maximum atomic E-state index is 12.4. The van der Waals surface area contributed by atoms with Crippen LogP contribution in [0.3, 0.4) is 0 Å². The lowest BCUT2D eigenvalue weighted by Gasteiger charge is -2.31. The molecule has 2 rings (SSSR count). The Bertz CT molecular complexity index is 543. The lowest BCUT2D eigenvalue weighted by atomic mass is 9.95. The van der Waals surface area contributed by atoms with E-state index >= 15 is 0 Å². The fourth-order valence-electron chi connectivity index (χ4n) is 3.00. The Labute approximate surface area is 141 Å². The van der Waals surface area contributed by atoms with Crippen LogP contribution in [0.2, 0.25) is 0 Å². The Morgan fingerprint density at radius 3 is 2.42 bits per heavy atom. The zero-order chi connectivity index (χ0) is 17.5. The van der Waals surface area contributed by atoms with Gasteiger partial charge in [-0.15, -0.1) is 0 Å². The number of hydrogen-bond donors (Lipinski definition) is 1. The monoisotopic (exact) mass is 338 g/mol. The van der Waals surface area contributed by atoms with Crippen molar-refractivity contribution in [2.24, 2.45) is 5.92 Å². The molecule has 1 amide bonds. The number of carbonyl (C=O) groups is 2. The number of alkyl halides is 2. The molecular weight excluding hydrogens is 314 g/mol. The first kappa shape index (κ1) is 18.5. The summed E-state index contributed by atoms with van der Waals surface area (Å²) >= 11 is 0. The van der Waals surface area contributed by atoms with Gasteiger partial charge in [-0.2, -0.15) is 0 Å². The molecule has 1 aromatic carbocycles. The van der Waals surface area contributed by atoms with Crippen molar-refractivity contribution >= 4 is 11.7 Å². The fourth-order valence-corrected chi connectivity index (χ4v) is 3.00. The summed E-state index contributed by atoms with van der Waals surface area (Å²) in [6.07, 6.45) is -0.921. The van der Waals surface area contributed by atoms with Crippen molar-refractivity contribution < 1.29 is 18.4 Å². The van der Waals surface area contributed by atoms with Crippen molar-refractivity contribution in [3.8, 4) is 0 Å². The molecule has 1 aliphatic rings. The summed E-state index contributed by atoms with van der Waals surface area (Å²) in [5, 5.41) is 2.88. The summed E-state index contributed by atoms with van der Waals surface area (Å²) in [6, 6.07) is 8.74. The largest absolute Gasteiger partial charge is 0.353 e. The third-order valence-corrected chi connectivity index (χ3v) is 4.33. The topological polar surface area (TPSA) is 49.4 Å². The van der Waals surface area contributed by atoms with Crippen LogP contribution in [0.15, 0.2) is 30.3 Å². The summed E-state index contributed by atoms with van der Waals surface area (Å²) in [6.45, 7) is 2.61. The Hall–Kier alpha value is -1.82. The maximum Gasteiger partial charge on any atom is 0.251 e. The molecular formula is C18H24F2N2O2. The number of benzene rings is 1. The molecule has 1 atom stereocenters. The van der Waals surface area contributed by atoms with E-state index in [4.69, 9.17) is 0 Å². The van der Waals surface area contributed by atoms with E-state index in [0.717, 1.165) is 0 Å². The molecule has 4 nitrogen and oxygen atoms in total. The SMILES string of the molecule is CC(CC(=O)c1ccccc1)NC(=O)C1CCN(CC(F)F)CC1. The van der Waals surface area contributed by atoms with Gasteiger partial charge < -0.3 is 5.32 Å². The van der Waals surface area contributed by atoms with Gasteiger partial charge >= 0.3 is 0 Å². The van der Waals surface area contributed by atoms with Crippen molar-refractivity contribution in [3.63, 3.8) is 0 Å². The highest BCUT2D eigenvalue weighted by Gasteiger charge is 2.27. The van der Waals surface area contributed by atoms with Crippen molar-refractivity contribution in [1.82, 2.24) is 10.2 Å². The predicted molar refractivity (Wildman–Crippen MR) is 88.2 cm³/mol. The summed E-state index contributed by atoms with van der Waals surface area (Å²) < 4.78 is 24.7. The number of piperidine rings is 1. The van der Waals surface area contributed by atoms with E-state index in [2.05, 4.69) is 5.32 Å². The zero-order valence-corrected chi connectivity index (χ0v) is 13.9. The van der Waals surface area contributed by atoms with Gasteiger partial charge in [0.25, 0.3) is 6.43 Å². The van der Waals surface area contributed by atoms with Crippen molar-refractivity contribution in [2.75, 3.05) is 19.6 Å². The lowest BCUT2D eigenvalue weighted by molar-refractivity contribution is -0.127. The predicted octanol–water partition coefficient (Wildman–Crippen LogP) is 2.74. The molecule has 24 heavy (non-hydrogen) atoms. The Morgan fingerprint density at radius 2 is 1.83 bits per heavy atom. The Kier molecular flexibility index (Phi) is 6.85. The van der Waals surface area contributed by atoms with Gasteiger partial charge in [-0.25, -0.2) is 8.78 Å². The highest BCUT2D eigenvalue weighted by molar-refractivity contribution is 5.96. The molecule has 1 aliphatic heterocycles. The molecule has 0 bridgehead atoms. The van der Waals surface area contributed by atoms with Crippen molar-refractivity contribution in [2.45, 2.75) is 38.7 Å². The maximum absolute atomic E-state index is 12.4. The number of rotatable bonds is 7. The molecule has 6 heteroatoms. The van der Waals surface area contributed by atoms with Crippen LogP contribution in [0, 0.1) is 5.92 Å². The zero-order valence-electron chi connectivity index (χ0n) is 13.9. The van der Waals surface area contributed by atoms with Gasteiger partial charge in [0.15, 0.2) is 5.78 Å². The molecule has 0 aliphatic carbocycles. The molecule has 1 heterocycles. The molecule has 0 aromatic heterocycles. The Morgan fingerprint density at radius 1 is 1.21 bits per heavy atom. The lowest BCUT2D eigenvalue weighted by Crippen LogP contribution is -2.44. The second-order valence-electron chi connectivity index (χ2n) is 6.37. The van der Waals surface area contributed by atoms with Crippen LogP contribution < -0.4 is 5.32 Å². The molecule has 132 valence electrons. The number of ketones is 1. The van der Waals surface area contributed by atoms with E-state index in [9.17, 15) is 18.4 Å². The average Bonchev–Trinajstić information content (AvgIpc) is 2.55. The number of carbonyl (C=O) groups excluding carboxylic acids is 2. The minimum absolute atomic E-state index is 0.00449. The number of nitrogens with one attached hydrogen (secondary N) is 1. The second kappa shape index (κ2) is 8.87. The quantitative estimate of drug-likeness (QED) is 0.778. The number of hydrogen-bond acceptors (Lipinski definition) is 3. The number of halogens is 2. The molecule has 1 aromatic rings. The molecule has 0 radical (unpaired) electrons. The van der Waals surface area contributed by atoms with Crippen LogP contribution in [0.5, 0.6) is 0 Å². The van der Waals surface area contributed by atoms with Gasteiger partial charge in [-0.3, -0.25) is 14.5 Å². The normalized spacial score (nSPS) is 17.7. The third-order valence-electron chi connectivity index (χ3n) is 4.33. The smallest absolute Gasteiger partial charge is 0.251 e. The van der Waals surface area contributed by atoms with E-state index in [1.54, 1.807) is 17.0 Å². The van der Waals surface area contributed by atoms with E-state index in [0.29, 0.717) is 31.5 Å². The number of nitrogens with zero attached hydrogens (tertiary/aromatic N) is 1. The number of amides is 1. The van der Waals surface area contributed by atoms with E-state index in [1.165, 1.54) is 0 Å². The van der Waals surface area contributed by atoms with Crippen LogP contribution in [-0.4, -0.2) is 48.7 Å². The van der Waals surface area contributed by atoms with Crippen LogP contribution in [0.1, 0.15) is 36.5 Å². The summed E-state index contributed by atoms with van der Waals surface area (Å²) in [7, 11) is 0. The fraction of sp³-hybridized carbons (Fsp3) is 0.556. The summed E-state index contributed by atoms with van der Waals surface area (Å²) in [4.78, 5) is 26.1. The highest BCUT2D eigenvalue weighted by atomic mass is 19.3. The minimum Gasteiger partial charge on any atom is -0.353 e. The van der Waals surface area contributed by atoms with Crippen LogP contribution >= 0.6 is 0 Å². The van der Waals surface area contributed by atoms with Crippen LogP contribution in [0.4, 0.5) is 8.78 Å². The molecule has 1 unspecified atom stereocenters. The van der Waals surface area contributed by atoms with E-state index < -0.39 is 6.43 Å². The van der Waals surface area contributed by atoms with Gasteiger partial charge in [-0.1, -0.05) is 30.3 Å². The molecule has 1 N–H and O–H groups in total. The first-order chi connectivity index (χ1) is 11.5. The van der Waals surface area contributed by atoms with Gasteiger partial charge in [0.05, 0.1) is 6.54 Å². The first-order valence-corrected chi connectivity index (χ1v) is 8.35. The minimum atomic E-state index is -2.33. The van der Waals surface area contributed by atoms with Crippen molar-refractivity contribution in [3.05, 3.63) is 35.9 Å². The second-order valence-corrected chi connectivity index (χ2v) is 6.37. The number of Topliss-reactive ketones (excluding diaryl/α,β-unsaturated/α-hetero) is 1. The van der Waals surface area contributed by atoms with Gasteiger partial charge in [0, 0.05) is 23.9 Å². The molecule has 1 saturated heterocycles. The Balaban J connectivity index is 1.75. The van der Waals surface area contributed by atoms with Gasteiger partial charge in [0.1, 0.15) is 0 Å².